The van der Waals surface area contributed by atoms with Crippen LogP contribution >= 0.6 is 0 Å². The van der Waals surface area contributed by atoms with Gasteiger partial charge >= 0.3 is 5.97 Å². The highest BCUT2D eigenvalue weighted by atomic mass is 16.4. The number of nitrogens with zero attached hydrogens (tertiary/aromatic N) is 2. The molecule has 1 aromatic carbocycles. The van der Waals surface area contributed by atoms with Crippen molar-refractivity contribution in [3.8, 4) is 0 Å². The highest BCUT2D eigenvalue weighted by molar-refractivity contribution is 5.94. The molecule has 0 bridgehead atoms. The number of rotatable bonds is 5. The molecule has 0 saturated heterocycles. The maximum Gasteiger partial charge on any atom is 0.354 e. The molecule has 0 aliphatic heterocycles. The van der Waals surface area contributed by atoms with Gasteiger partial charge in [-0.1, -0.05) is 43.7 Å². The molecule has 1 heterocycles. The molecule has 5 nitrogen and oxygen atoms in total. The lowest BCUT2D eigenvalue weighted by molar-refractivity contribution is 0.0688. The van der Waals surface area contributed by atoms with E-state index in [0.717, 1.165) is 5.56 Å². The Kier molecular flexibility index (Phi) is 5.02. The third-order valence-corrected chi connectivity index (χ3v) is 4.04. The third-order valence-electron chi connectivity index (χ3n) is 4.04. The molecule has 0 radical (unpaired) electrons. The van der Waals surface area contributed by atoms with E-state index in [-0.39, 0.29) is 17.0 Å². The Morgan fingerprint density at radius 1 is 1.12 bits per heavy atom. The number of hydrogen-bond acceptors (Lipinski definition) is 3. The van der Waals surface area contributed by atoms with Gasteiger partial charge in [-0.3, -0.25) is 4.79 Å². The van der Waals surface area contributed by atoms with Crippen molar-refractivity contribution < 1.29 is 14.7 Å². The van der Waals surface area contributed by atoms with Crippen LogP contribution < -0.4 is 0 Å². The monoisotopic (exact) mass is 326 g/mol. The summed E-state index contributed by atoms with van der Waals surface area (Å²) in [5.41, 5.74) is 2.46. The van der Waals surface area contributed by atoms with Gasteiger partial charge in [0.1, 0.15) is 5.69 Å². The summed E-state index contributed by atoms with van der Waals surface area (Å²) in [7, 11) is 1.74. The smallest absolute Gasteiger partial charge is 0.354 e. The van der Waals surface area contributed by atoms with Crippen molar-refractivity contribution in [2.45, 2.75) is 26.2 Å². The summed E-state index contributed by atoms with van der Waals surface area (Å²) >= 11 is 0. The van der Waals surface area contributed by atoms with Crippen LogP contribution in [-0.4, -0.2) is 40.5 Å². The van der Waals surface area contributed by atoms with Gasteiger partial charge in [0, 0.05) is 25.2 Å². The molecule has 0 fully saturated rings. The minimum atomic E-state index is -1.11. The molecule has 1 amide bonds. The second-order valence-electron chi connectivity index (χ2n) is 6.65. The second-order valence-corrected chi connectivity index (χ2v) is 6.65. The van der Waals surface area contributed by atoms with E-state index in [2.05, 4.69) is 43.1 Å². The average Bonchev–Trinajstić information content (AvgIpc) is 2.54. The van der Waals surface area contributed by atoms with Crippen molar-refractivity contribution >= 4 is 11.9 Å². The number of aryl methyl sites for hydroxylation is 1. The molecule has 0 atom stereocenters. The Hall–Kier alpha value is -2.69. The first kappa shape index (κ1) is 17.7. The molecule has 0 aliphatic rings. The van der Waals surface area contributed by atoms with Crippen LogP contribution in [0.15, 0.2) is 42.6 Å². The first-order chi connectivity index (χ1) is 11.2. The van der Waals surface area contributed by atoms with Gasteiger partial charge in [-0.05, 0) is 24.6 Å². The molecule has 0 unspecified atom stereocenters. The molecule has 2 aromatic rings. The van der Waals surface area contributed by atoms with Crippen LogP contribution in [0, 0.1) is 6.92 Å². The van der Waals surface area contributed by atoms with Crippen molar-refractivity contribution in [3.05, 3.63) is 65.0 Å². The zero-order valence-corrected chi connectivity index (χ0v) is 14.4. The Morgan fingerprint density at radius 3 is 2.25 bits per heavy atom. The number of amides is 1. The Labute approximate surface area is 142 Å². The van der Waals surface area contributed by atoms with Crippen LogP contribution in [0.3, 0.4) is 0 Å². The van der Waals surface area contributed by atoms with E-state index in [9.17, 15) is 9.59 Å². The first-order valence-electron chi connectivity index (χ1n) is 7.72. The second kappa shape index (κ2) is 6.83. The molecular formula is C19H22N2O3. The Morgan fingerprint density at radius 2 is 1.75 bits per heavy atom. The topological polar surface area (TPSA) is 70.5 Å². The van der Waals surface area contributed by atoms with Gasteiger partial charge in [0.05, 0.1) is 5.56 Å². The number of benzene rings is 1. The Balaban J connectivity index is 2.12. The Bertz CT molecular complexity index is 734. The fraction of sp³-hybridized carbons (Fsp3) is 0.316. The predicted octanol–water partition coefficient (Wildman–Crippen LogP) is 3.14. The summed E-state index contributed by atoms with van der Waals surface area (Å²) < 4.78 is 0. The zero-order chi connectivity index (χ0) is 17.9. The largest absolute Gasteiger partial charge is 0.477 e. The number of aromatic carboxylic acids is 1. The molecule has 1 N–H and O–H groups in total. The number of hydrogen-bond donors (Lipinski definition) is 1. The van der Waals surface area contributed by atoms with Crippen LogP contribution in [0.5, 0.6) is 0 Å². The lowest BCUT2D eigenvalue weighted by Crippen LogP contribution is -2.38. The predicted molar refractivity (Wildman–Crippen MR) is 92.4 cm³/mol. The van der Waals surface area contributed by atoms with Crippen molar-refractivity contribution in [1.82, 2.24) is 9.88 Å². The van der Waals surface area contributed by atoms with Crippen LogP contribution in [0.25, 0.3) is 0 Å². The summed E-state index contributed by atoms with van der Waals surface area (Å²) in [5, 5.41) is 8.86. The maximum absolute atomic E-state index is 12.5. The SMILES string of the molecule is Cc1ccc(C(C)(C)CN(C)C(=O)c2ccc(C(=O)O)nc2)cc1. The fourth-order valence-electron chi connectivity index (χ4n) is 2.63. The fourth-order valence-corrected chi connectivity index (χ4v) is 2.63. The van der Waals surface area contributed by atoms with Gasteiger partial charge in [-0.15, -0.1) is 0 Å². The van der Waals surface area contributed by atoms with E-state index in [4.69, 9.17) is 5.11 Å². The number of carboxylic acids is 1. The van der Waals surface area contributed by atoms with Gasteiger partial charge in [0.15, 0.2) is 0 Å². The molecule has 5 heteroatoms. The van der Waals surface area contributed by atoms with Gasteiger partial charge in [0.2, 0.25) is 0 Å². The summed E-state index contributed by atoms with van der Waals surface area (Å²) in [6, 6.07) is 11.1. The summed E-state index contributed by atoms with van der Waals surface area (Å²) in [5.74, 6) is -1.29. The highest BCUT2D eigenvalue weighted by Crippen LogP contribution is 2.25. The van der Waals surface area contributed by atoms with Crippen molar-refractivity contribution in [2.24, 2.45) is 0 Å². The van der Waals surface area contributed by atoms with Gasteiger partial charge in [-0.25, -0.2) is 9.78 Å². The molecule has 24 heavy (non-hydrogen) atoms. The number of pyridine rings is 1. The molecular weight excluding hydrogens is 304 g/mol. The zero-order valence-electron chi connectivity index (χ0n) is 14.4. The van der Waals surface area contributed by atoms with Crippen LogP contribution in [-0.2, 0) is 5.41 Å². The summed E-state index contributed by atoms with van der Waals surface area (Å²) in [6.45, 7) is 6.76. The minimum absolute atomic E-state index is 0.0748. The molecule has 1 aromatic heterocycles. The number of carboxylic acid groups (broad SMARTS) is 1. The third kappa shape index (κ3) is 3.98. The maximum atomic E-state index is 12.5. The number of aromatic nitrogens is 1. The van der Waals surface area contributed by atoms with Crippen molar-refractivity contribution in [1.29, 1.82) is 0 Å². The highest BCUT2D eigenvalue weighted by Gasteiger charge is 2.25. The summed E-state index contributed by atoms with van der Waals surface area (Å²) in [6.07, 6.45) is 1.31. The van der Waals surface area contributed by atoms with Crippen molar-refractivity contribution in [2.75, 3.05) is 13.6 Å². The van der Waals surface area contributed by atoms with Crippen LogP contribution in [0.2, 0.25) is 0 Å². The number of carbonyl (C=O) groups is 2. The first-order valence-corrected chi connectivity index (χ1v) is 7.72. The van der Waals surface area contributed by atoms with Gasteiger partial charge in [-0.2, -0.15) is 0 Å². The van der Waals surface area contributed by atoms with E-state index in [0.29, 0.717) is 12.1 Å². The molecule has 126 valence electrons. The quantitative estimate of drug-likeness (QED) is 0.916. The van der Waals surface area contributed by atoms with E-state index in [1.165, 1.54) is 23.9 Å². The van der Waals surface area contributed by atoms with E-state index in [1.807, 2.05) is 6.92 Å². The molecule has 0 spiro atoms. The van der Waals surface area contributed by atoms with Gasteiger partial charge in [0.25, 0.3) is 5.91 Å². The van der Waals surface area contributed by atoms with E-state index in [1.54, 1.807) is 11.9 Å². The average molecular weight is 326 g/mol. The number of carbonyl (C=O) groups excluding carboxylic acids is 1. The number of likely N-dealkylation sites (N-methyl/N-ethyl adjacent to an activating group) is 1. The van der Waals surface area contributed by atoms with Crippen LogP contribution in [0.4, 0.5) is 0 Å². The lowest BCUT2D eigenvalue weighted by Gasteiger charge is -2.31. The van der Waals surface area contributed by atoms with Crippen LogP contribution in [0.1, 0.15) is 45.8 Å². The summed E-state index contributed by atoms with van der Waals surface area (Å²) in [4.78, 5) is 28.8. The molecule has 2 rings (SSSR count). The van der Waals surface area contributed by atoms with Gasteiger partial charge < -0.3 is 10.0 Å². The normalized spacial score (nSPS) is 11.2. The standard InChI is InChI=1S/C19H22N2O3/c1-13-5-8-15(9-6-13)19(2,3)12-21(4)17(22)14-7-10-16(18(23)24)20-11-14/h5-11H,12H2,1-4H3,(H,23,24). The minimum Gasteiger partial charge on any atom is -0.477 e. The van der Waals surface area contributed by atoms with E-state index >= 15 is 0 Å². The molecule has 0 saturated carbocycles. The van der Waals surface area contributed by atoms with Crippen molar-refractivity contribution in [3.63, 3.8) is 0 Å². The molecule has 0 aliphatic carbocycles. The van der Waals surface area contributed by atoms with E-state index < -0.39 is 5.97 Å². The lowest BCUT2D eigenvalue weighted by atomic mass is 9.83.